The predicted molar refractivity (Wildman–Crippen MR) is 62.4 cm³/mol. The summed E-state index contributed by atoms with van der Waals surface area (Å²) < 4.78 is 5.26. The Hall–Kier alpha value is -0.320. The molecule has 4 aliphatic rings. The van der Waals surface area contributed by atoms with Crippen molar-refractivity contribution < 1.29 is 9.53 Å². The van der Waals surface area contributed by atoms with E-state index in [-0.39, 0.29) is 29.3 Å². The van der Waals surface area contributed by atoms with Crippen LogP contribution in [0.2, 0.25) is 0 Å². The summed E-state index contributed by atoms with van der Waals surface area (Å²) in [5.74, 6) is 0.238. The lowest BCUT2D eigenvalue weighted by Crippen LogP contribution is -2.76. The van der Waals surface area contributed by atoms with Crippen LogP contribution in [0.25, 0.3) is 0 Å². The molecule has 1 saturated heterocycles. The molecule has 0 aromatic rings. The van der Waals surface area contributed by atoms with Crippen LogP contribution in [-0.4, -0.2) is 30.7 Å². The van der Waals surface area contributed by atoms with Crippen LogP contribution in [0.4, 0.5) is 0 Å². The lowest BCUT2D eigenvalue weighted by Gasteiger charge is -2.67. The minimum Gasteiger partial charge on any atom is -0.381 e. The second kappa shape index (κ2) is 3.86. The van der Waals surface area contributed by atoms with Crippen LogP contribution in [0.5, 0.6) is 0 Å². The highest BCUT2D eigenvalue weighted by Crippen LogP contribution is 2.65. The van der Waals surface area contributed by atoms with Crippen molar-refractivity contribution in [1.29, 1.82) is 0 Å². The number of hydrogen-bond acceptors (Lipinski definition) is 3. The zero-order valence-corrected chi connectivity index (χ0v) is 10.1. The smallest absolute Gasteiger partial charge is 0.226 e. The molecule has 0 aromatic carbocycles. The minimum absolute atomic E-state index is 0. The normalized spacial score (nSPS) is 41.3. The number of nitrogens with two attached hydrogens (primary N) is 1. The van der Waals surface area contributed by atoms with Crippen molar-refractivity contribution >= 4 is 18.3 Å². The molecule has 0 unspecified atom stereocenters. The number of nitrogens with one attached hydrogen (secondary N) is 1. The largest absolute Gasteiger partial charge is 0.381 e. The molecule has 4 rings (SSSR count). The first-order chi connectivity index (χ1) is 7.12. The van der Waals surface area contributed by atoms with Crippen LogP contribution in [0.3, 0.4) is 0 Å². The summed E-state index contributed by atoms with van der Waals surface area (Å²) in [6.45, 7) is 1.55. The van der Waals surface area contributed by atoms with Gasteiger partial charge in [-0.15, -0.1) is 12.4 Å². The molecule has 0 spiro atoms. The molecule has 0 atom stereocenters. The Labute approximate surface area is 102 Å². The van der Waals surface area contributed by atoms with E-state index >= 15 is 0 Å². The number of halogens is 1. The summed E-state index contributed by atoms with van der Waals surface area (Å²) in [6.07, 6.45) is 4.60. The summed E-state index contributed by atoms with van der Waals surface area (Å²) in [5, 5.41) is 3.14. The molecule has 5 heteroatoms. The van der Waals surface area contributed by atoms with Gasteiger partial charge in [0.05, 0.1) is 5.41 Å². The Morgan fingerprint density at radius 1 is 1.25 bits per heavy atom. The maximum Gasteiger partial charge on any atom is 0.226 e. The average molecular weight is 247 g/mol. The van der Waals surface area contributed by atoms with Gasteiger partial charge in [0.15, 0.2) is 0 Å². The molecule has 1 aliphatic heterocycles. The van der Waals surface area contributed by atoms with Crippen LogP contribution in [-0.2, 0) is 9.53 Å². The lowest BCUT2D eigenvalue weighted by atomic mass is 9.39. The Bertz CT molecular complexity index is 283. The quantitative estimate of drug-likeness (QED) is 0.750. The van der Waals surface area contributed by atoms with Gasteiger partial charge in [-0.2, -0.15) is 0 Å². The van der Waals surface area contributed by atoms with Crippen molar-refractivity contribution in [3.05, 3.63) is 0 Å². The van der Waals surface area contributed by atoms with E-state index < -0.39 is 0 Å². The van der Waals surface area contributed by atoms with Gasteiger partial charge in [0.2, 0.25) is 5.91 Å². The molecule has 3 aliphatic carbocycles. The first-order valence-corrected chi connectivity index (χ1v) is 5.80. The maximum atomic E-state index is 12.0. The van der Waals surface area contributed by atoms with Gasteiger partial charge in [-0.3, -0.25) is 4.79 Å². The predicted octanol–water partition coefficient (Wildman–Crippen LogP) is 0.585. The summed E-state index contributed by atoms with van der Waals surface area (Å²) in [6, 6.07) is 0.328. The van der Waals surface area contributed by atoms with Gasteiger partial charge in [-0.1, -0.05) is 0 Å². The average Bonchev–Trinajstić information content (AvgIpc) is 2.13. The zero-order chi connectivity index (χ0) is 10.5. The molecule has 2 bridgehead atoms. The number of carbonyl (C=O) groups excluding carboxylic acids is 1. The number of amides is 1. The van der Waals surface area contributed by atoms with Crippen molar-refractivity contribution in [2.75, 3.05) is 13.2 Å². The molecular formula is C11H19ClN2O2. The standard InChI is InChI=1S/C11H18N2O2.ClH/c12-11-5-10(6-11,7-11)9(14)13-8-1-3-15-4-2-8;/h8H,1-7,12H2,(H,13,14);1H. The van der Waals surface area contributed by atoms with E-state index in [1.807, 2.05) is 0 Å². The molecule has 3 saturated carbocycles. The summed E-state index contributed by atoms with van der Waals surface area (Å²) in [5.41, 5.74) is 5.89. The number of hydrogen-bond donors (Lipinski definition) is 2. The van der Waals surface area contributed by atoms with Crippen molar-refractivity contribution in [3.8, 4) is 0 Å². The van der Waals surface area contributed by atoms with Crippen molar-refractivity contribution in [2.24, 2.45) is 11.1 Å². The molecular weight excluding hydrogens is 228 g/mol. The fourth-order valence-corrected chi connectivity index (χ4v) is 3.29. The molecule has 4 nitrogen and oxygen atoms in total. The maximum absolute atomic E-state index is 12.0. The lowest BCUT2D eigenvalue weighted by molar-refractivity contribution is -0.173. The number of rotatable bonds is 2. The molecule has 3 N–H and O–H groups in total. The monoisotopic (exact) mass is 246 g/mol. The fraction of sp³-hybridized carbons (Fsp3) is 0.909. The van der Waals surface area contributed by atoms with E-state index in [4.69, 9.17) is 10.5 Å². The molecule has 0 aromatic heterocycles. The number of ether oxygens (including phenoxy) is 1. The van der Waals surface area contributed by atoms with Crippen LogP contribution in [0, 0.1) is 5.41 Å². The highest BCUT2D eigenvalue weighted by Gasteiger charge is 2.69. The molecule has 92 valence electrons. The van der Waals surface area contributed by atoms with Crippen molar-refractivity contribution in [3.63, 3.8) is 0 Å². The van der Waals surface area contributed by atoms with Gasteiger partial charge in [0.25, 0.3) is 0 Å². The van der Waals surface area contributed by atoms with E-state index in [9.17, 15) is 4.79 Å². The minimum atomic E-state index is -0.0763. The van der Waals surface area contributed by atoms with Crippen LogP contribution in [0.15, 0.2) is 0 Å². The van der Waals surface area contributed by atoms with E-state index in [2.05, 4.69) is 5.32 Å². The fourth-order valence-electron chi connectivity index (χ4n) is 3.29. The SMILES string of the molecule is Cl.NC12CC(C(=O)NC3CCOCC3)(C1)C2. The van der Waals surface area contributed by atoms with Gasteiger partial charge in [0, 0.05) is 24.8 Å². The topological polar surface area (TPSA) is 64.4 Å². The molecule has 4 fully saturated rings. The van der Waals surface area contributed by atoms with Crippen LogP contribution < -0.4 is 11.1 Å². The van der Waals surface area contributed by atoms with Crippen molar-refractivity contribution in [2.45, 2.75) is 43.7 Å². The van der Waals surface area contributed by atoms with Crippen LogP contribution in [0.1, 0.15) is 32.1 Å². The van der Waals surface area contributed by atoms with Gasteiger partial charge >= 0.3 is 0 Å². The Morgan fingerprint density at radius 3 is 2.31 bits per heavy atom. The highest BCUT2D eigenvalue weighted by atomic mass is 35.5. The Kier molecular flexibility index (Phi) is 2.93. The Balaban J connectivity index is 0.000000963. The van der Waals surface area contributed by atoms with E-state index in [0.29, 0.717) is 6.04 Å². The second-order valence-electron chi connectivity index (χ2n) is 5.53. The van der Waals surface area contributed by atoms with Gasteiger partial charge in [0.1, 0.15) is 0 Å². The third-order valence-electron chi connectivity index (χ3n) is 4.11. The van der Waals surface area contributed by atoms with E-state index in [1.165, 1.54) is 0 Å². The van der Waals surface area contributed by atoms with Gasteiger partial charge < -0.3 is 15.8 Å². The van der Waals surface area contributed by atoms with Crippen molar-refractivity contribution in [1.82, 2.24) is 5.32 Å². The Morgan fingerprint density at radius 2 is 1.81 bits per heavy atom. The van der Waals surface area contributed by atoms with Gasteiger partial charge in [-0.05, 0) is 32.1 Å². The first-order valence-electron chi connectivity index (χ1n) is 5.80. The third-order valence-corrected chi connectivity index (χ3v) is 4.11. The van der Waals surface area contributed by atoms with E-state index in [0.717, 1.165) is 45.3 Å². The summed E-state index contributed by atoms with van der Waals surface area (Å²) >= 11 is 0. The zero-order valence-electron chi connectivity index (χ0n) is 9.33. The third kappa shape index (κ3) is 1.73. The molecule has 0 radical (unpaired) electrons. The highest BCUT2D eigenvalue weighted by molar-refractivity contribution is 5.87. The van der Waals surface area contributed by atoms with E-state index in [1.54, 1.807) is 0 Å². The summed E-state index contributed by atoms with van der Waals surface area (Å²) in [7, 11) is 0. The second-order valence-corrected chi connectivity index (χ2v) is 5.53. The number of carbonyl (C=O) groups is 1. The molecule has 1 amide bonds. The van der Waals surface area contributed by atoms with Gasteiger partial charge in [-0.25, -0.2) is 0 Å². The first kappa shape index (κ1) is 12.1. The molecule has 1 heterocycles. The van der Waals surface area contributed by atoms with Crippen LogP contribution >= 0.6 is 12.4 Å². The molecule has 16 heavy (non-hydrogen) atoms. The summed E-state index contributed by atoms with van der Waals surface area (Å²) in [4.78, 5) is 12.0.